The molecule has 2 fully saturated rings. The number of nitrogens with one attached hydrogen (secondary N) is 1. The number of hydrogen-bond donors (Lipinski definition) is 1. The average molecular weight is 242 g/mol. The van der Waals surface area contributed by atoms with Crippen LogP contribution < -0.4 is 5.32 Å². The second-order valence-corrected chi connectivity index (χ2v) is 5.08. The van der Waals surface area contributed by atoms with Crippen molar-refractivity contribution in [1.29, 1.82) is 0 Å². The van der Waals surface area contributed by atoms with Gasteiger partial charge in [-0.1, -0.05) is 6.92 Å². The molecule has 0 aromatic heterocycles. The summed E-state index contributed by atoms with van der Waals surface area (Å²) in [7, 11) is 2.06. The van der Waals surface area contributed by atoms with Crippen molar-refractivity contribution < 1.29 is 9.47 Å². The summed E-state index contributed by atoms with van der Waals surface area (Å²) < 4.78 is 11.5. The van der Waals surface area contributed by atoms with Crippen LogP contribution in [-0.2, 0) is 9.47 Å². The lowest BCUT2D eigenvalue weighted by atomic mass is 10.0. The molecule has 2 aliphatic heterocycles. The van der Waals surface area contributed by atoms with E-state index in [0.29, 0.717) is 18.2 Å². The Kier molecular flexibility index (Phi) is 5.22. The number of ether oxygens (including phenoxy) is 2. The summed E-state index contributed by atoms with van der Waals surface area (Å²) in [6.45, 7) is 7.07. The van der Waals surface area contributed by atoms with Crippen LogP contribution in [0.4, 0.5) is 0 Å². The highest BCUT2D eigenvalue weighted by Gasteiger charge is 2.31. The van der Waals surface area contributed by atoms with Gasteiger partial charge in [-0.2, -0.15) is 0 Å². The molecular weight excluding hydrogens is 216 g/mol. The molecule has 0 saturated carbocycles. The van der Waals surface area contributed by atoms with Gasteiger partial charge in [0.25, 0.3) is 0 Å². The highest BCUT2D eigenvalue weighted by Crippen LogP contribution is 2.18. The van der Waals surface area contributed by atoms with Crippen LogP contribution in [0.3, 0.4) is 0 Å². The third-order valence-electron chi connectivity index (χ3n) is 4.00. The van der Waals surface area contributed by atoms with Crippen LogP contribution in [0.2, 0.25) is 0 Å². The lowest BCUT2D eigenvalue weighted by Crippen LogP contribution is -2.55. The predicted molar refractivity (Wildman–Crippen MR) is 68.3 cm³/mol. The SMILES string of the molecule is CCC1CN(C2COCCC2NC)CCCO1. The number of hydrogen-bond acceptors (Lipinski definition) is 4. The molecule has 17 heavy (non-hydrogen) atoms. The minimum atomic E-state index is 0.400. The normalized spacial score (nSPS) is 36.7. The molecule has 0 aromatic carbocycles. The third kappa shape index (κ3) is 3.41. The topological polar surface area (TPSA) is 33.7 Å². The fourth-order valence-electron chi connectivity index (χ4n) is 2.89. The van der Waals surface area contributed by atoms with E-state index in [2.05, 4.69) is 24.2 Å². The van der Waals surface area contributed by atoms with Crippen molar-refractivity contribution in [2.75, 3.05) is 40.0 Å². The third-order valence-corrected chi connectivity index (χ3v) is 4.00. The van der Waals surface area contributed by atoms with E-state index in [1.807, 2.05) is 0 Å². The highest BCUT2D eigenvalue weighted by atomic mass is 16.5. The van der Waals surface area contributed by atoms with Crippen LogP contribution in [-0.4, -0.2) is 63.0 Å². The molecule has 0 bridgehead atoms. The monoisotopic (exact) mass is 242 g/mol. The van der Waals surface area contributed by atoms with Gasteiger partial charge in [-0.3, -0.25) is 4.90 Å². The molecule has 100 valence electrons. The van der Waals surface area contributed by atoms with Crippen LogP contribution in [0.5, 0.6) is 0 Å². The quantitative estimate of drug-likeness (QED) is 0.796. The highest BCUT2D eigenvalue weighted by molar-refractivity contribution is 4.88. The van der Waals surface area contributed by atoms with Crippen LogP contribution >= 0.6 is 0 Å². The first-order valence-electron chi connectivity index (χ1n) is 6.95. The summed E-state index contributed by atoms with van der Waals surface area (Å²) in [6, 6.07) is 1.09. The summed E-state index contributed by atoms with van der Waals surface area (Å²) in [5.41, 5.74) is 0. The Morgan fingerprint density at radius 3 is 3.00 bits per heavy atom. The summed E-state index contributed by atoms with van der Waals surface area (Å²) in [6.07, 6.45) is 3.77. The van der Waals surface area contributed by atoms with Crippen LogP contribution in [0.15, 0.2) is 0 Å². The average Bonchev–Trinajstić information content (AvgIpc) is 2.64. The summed E-state index contributed by atoms with van der Waals surface area (Å²) in [5.74, 6) is 0. The molecule has 2 heterocycles. The van der Waals surface area contributed by atoms with Crippen LogP contribution in [0, 0.1) is 0 Å². The van der Waals surface area contributed by atoms with E-state index in [-0.39, 0.29) is 0 Å². The Labute approximate surface area is 105 Å². The molecule has 0 radical (unpaired) electrons. The molecular formula is C13H26N2O2. The van der Waals surface area contributed by atoms with Gasteiger partial charge < -0.3 is 14.8 Å². The van der Waals surface area contributed by atoms with Gasteiger partial charge >= 0.3 is 0 Å². The van der Waals surface area contributed by atoms with Gasteiger partial charge in [0, 0.05) is 38.4 Å². The van der Waals surface area contributed by atoms with Crippen molar-refractivity contribution >= 4 is 0 Å². The summed E-state index contributed by atoms with van der Waals surface area (Å²) >= 11 is 0. The smallest absolute Gasteiger partial charge is 0.0699 e. The fourth-order valence-corrected chi connectivity index (χ4v) is 2.89. The van der Waals surface area contributed by atoms with Crippen LogP contribution in [0.1, 0.15) is 26.2 Å². The Balaban J connectivity index is 1.97. The van der Waals surface area contributed by atoms with Crippen molar-refractivity contribution in [3.8, 4) is 0 Å². The lowest BCUT2D eigenvalue weighted by Gasteiger charge is -2.39. The fraction of sp³-hybridized carbons (Fsp3) is 1.00. The zero-order chi connectivity index (χ0) is 12.1. The molecule has 0 amide bonds. The van der Waals surface area contributed by atoms with Crippen molar-refractivity contribution in [2.24, 2.45) is 0 Å². The molecule has 1 N–H and O–H groups in total. The van der Waals surface area contributed by atoms with Gasteiger partial charge in [-0.05, 0) is 26.3 Å². The van der Waals surface area contributed by atoms with Crippen molar-refractivity contribution in [1.82, 2.24) is 10.2 Å². The van der Waals surface area contributed by atoms with Gasteiger partial charge in [-0.15, -0.1) is 0 Å². The van der Waals surface area contributed by atoms with E-state index in [9.17, 15) is 0 Å². The second kappa shape index (κ2) is 6.69. The first-order chi connectivity index (χ1) is 8.35. The molecule has 3 unspecified atom stereocenters. The second-order valence-electron chi connectivity index (χ2n) is 5.08. The first kappa shape index (κ1) is 13.3. The van der Waals surface area contributed by atoms with Crippen molar-refractivity contribution in [3.05, 3.63) is 0 Å². The maximum absolute atomic E-state index is 5.84. The minimum absolute atomic E-state index is 0.400. The first-order valence-corrected chi connectivity index (χ1v) is 6.95. The Morgan fingerprint density at radius 1 is 1.35 bits per heavy atom. The molecule has 2 aliphatic rings. The van der Waals surface area contributed by atoms with E-state index in [0.717, 1.165) is 52.2 Å². The van der Waals surface area contributed by atoms with Gasteiger partial charge in [0.05, 0.1) is 12.7 Å². The van der Waals surface area contributed by atoms with E-state index in [4.69, 9.17) is 9.47 Å². The van der Waals surface area contributed by atoms with E-state index in [1.165, 1.54) is 0 Å². The van der Waals surface area contributed by atoms with E-state index < -0.39 is 0 Å². The van der Waals surface area contributed by atoms with E-state index in [1.54, 1.807) is 0 Å². The van der Waals surface area contributed by atoms with Gasteiger partial charge in [0.1, 0.15) is 0 Å². The Hall–Kier alpha value is -0.160. The Bertz CT molecular complexity index is 225. The molecule has 4 nitrogen and oxygen atoms in total. The summed E-state index contributed by atoms with van der Waals surface area (Å²) in [5, 5.41) is 3.44. The van der Waals surface area contributed by atoms with Crippen LogP contribution in [0.25, 0.3) is 0 Å². The molecule has 2 rings (SSSR count). The van der Waals surface area contributed by atoms with Crippen molar-refractivity contribution in [2.45, 2.75) is 44.4 Å². The Morgan fingerprint density at radius 2 is 2.24 bits per heavy atom. The predicted octanol–water partition coefficient (Wildman–Crippen LogP) is 0.864. The molecule has 0 aromatic rings. The number of likely N-dealkylation sites (N-methyl/N-ethyl adjacent to an activating group) is 1. The largest absolute Gasteiger partial charge is 0.380 e. The van der Waals surface area contributed by atoms with Gasteiger partial charge in [0.2, 0.25) is 0 Å². The maximum atomic E-state index is 5.84. The lowest BCUT2D eigenvalue weighted by molar-refractivity contribution is -0.0143. The maximum Gasteiger partial charge on any atom is 0.0699 e. The molecule has 4 heteroatoms. The molecule has 2 saturated heterocycles. The van der Waals surface area contributed by atoms with Gasteiger partial charge in [0.15, 0.2) is 0 Å². The minimum Gasteiger partial charge on any atom is -0.380 e. The summed E-state index contributed by atoms with van der Waals surface area (Å²) in [4.78, 5) is 2.57. The number of rotatable bonds is 3. The zero-order valence-electron chi connectivity index (χ0n) is 11.2. The standard InChI is InChI=1S/C13H26N2O2/c1-3-11-9-15(6-4-7-17-11)13-10-16-8-5-12(13)14-2/h11-14H,3-10H2,1-2H3. The number of nitrogens with zero attached hydrogens (tertiary/aromatic N) is 1. The molecule has 0 spiro atoms. The van der Waals surface area contributed by atoms with Crippen molar-refractivity contribution in [3.63, 3.8) is 0 Å². The zero-order valence-corrected chi connectivity index (χ0v) is 11.2. The van der Waals surface area contributed by atoms with E-state index >= 15 is 0 Å². The van der Waals surface area contributed by atoms with Gasteiger partial charge in [-0.25, -0.2) is 0 Å². The molecule has 0 aliphatic carbocycles. The molecule has 3 atom stereocenters.